The molecule has 0 spiro atoms. The molecule has 2 aromatic rings. The van der Waals surface area contributed by atoms with Gasteiger partial charge < -0.3 is 4.74 Å². The van der Waals surface area contributed by atoms with E-state index in [1.165, 1.54) is 0 Å². The van der Waals surface area contributed by atoms with Crippen LogP contribution in [0.25, 0.3) is 0 Å². The number of benzene rings is 2. The Bertz CT molecular complexity index is 907. The molecule has 0 amide bonds. The Morgan fingerprint density at radius 1 is 1.00 bits per heavy atom. The van der Waals surface area contributed by atoms with E-state index in [1.54, 1.807) is 12.1 Å². The number of hydrogen-bond donors (Lipinski definition) is 1. The topological polar surface area (TPSA) is 21.3 Å². The fourth-order valence-corrected chi connectivity index (χ4v) is 10.6. The molecule has 1 saturated heterocycles. The van der Waals surface area contributed by atoms with Crippen LogP contribution in [0, 0.1) is 5.92 Å². The third-order valence-electron chi connectivity index (χ3n) is 6.61. The first-order chi connectivity index (χ1) is 12.9. The highest BCUT2D eigenvalue weighted by molar-refractivity contribution is 8.15. The highest BCUT2D eigenvalue weighted by Crippen LogP contribution is 2.80. The van der Waals surface area contributed by atoms with Crippen LogP contribution in [0.2, 0.25) is 10.0 Å². The van der Waals surface area contributed by atoms with Crippen molar-refractivity contribution in [2.75, 3.05) is 0 Å². The van der Waals surface area contributed by atoms with Gasteiger partial charge in [0.25, 0.3) is 0 Å². The van der Waals surface area contributed by atoms with Crippen molar-refractivity contribution in [2.24, 2.45) is 5.92 Å². The minimum atomic E-state index is -1.79. The first kappa shape index (κ1) is 22.1. The van der Waals surface area contributed by atoms with Crippen LogP contribution in [0.5, 0.6) is 11.5 Å². The van der Waals surface area contributed by atoms with Crippen molar-refractivity contribution < 1.29 is 4.74 Å². The Morgan fingerprint density at radius 2 is 1.54 bits per heavy atom. The summed E-state index contributed by atoms with van der Waals surface area (Å²) in [6.07, 6.45) is -1.79. The largest absolute Gasteiger partial charge is 0.457 e. The van der Waals surface area contributed by atoms with Gasteiger partial charge >= 0.3 is 0 Å². The normalized spacial score (nSPS) is 26.4. The van der Waals surface area contributed by atoms with Gasteiger partial charge in [-0.15, -0.1) is 0 Å². The molecule has 1 unspecified atom stereocenters. The molecule has 1 heterocycles. The van der Waals surface area contributed by atoms with Crippen LogP contribution < -0.4 is 9.82 Å². The summed E-state index contributed by atoms with van der Waals surface area (Å²) in [4.78, 5) is 0. The second-order valence-corrected chi connectivity index (χ2v) is 15.0. The average molecular weight is 456 g/mol. The second kappa shape index (κ2) is 7.60. The number of nitrogens with one attached hydrogen (secondary N) is 1. The summed E-state index contributed by atoms with van der Waals surface area (Å²) in [5.74, 6) is 2.00. The van der Waals surface area contributed by atoms with Gasteiger partial charge in [-0.05, 0) is 54.8 Å². The molecular formula is C22H28Cl2NOPS. The van der Waals surface area contributed by atoms with Crippen LogP contribution >= 0.6 is 29.4 Å². The molecule has 0 saturated carbocycles. The van der Waals surface area contributed by atoms with Crippen molar-refractivity contribution in [3.05, 3.63) is 58.1 Å². The lowest BCUT2D eigenvalue weighted by atomic mass is 9.83. The van der Waals surface area contributed by atoms with Gasteiger partial charge in [-0.25, -0.2) is 0 Å². The van der Waals surface area contributed by atoms with E-state index in [9.17, 15) is 0 Å². The third-order valence-corrected chi connectivity index (χ3v) is 15.1. The number of rotatable bonds is 5. The van der Waals surface area contributed by atoms with E-state index in [2.05, 4.69) is 46.6 Å². The van der Waals surface area contributed by atoms with E-state index >= 15 is 0 Å². The van der Waals surface area contributed by atoms with Gasteiger partial charge in [0.1, 0.15) is 11.5 Å². The molecule has 1 atom stereocenters. The lowest BCUT2D eigenvalue weighted by molar-refractivity contribution is 0.294. The van der Waals surface area contributed by atoms with Gasteiger partial charge in [-0.3, -0.25) is 5.09 Å². The summed E-state index contributed by atoms with van der Waals surface area (Å²) in [5.41, 5.74) is 1.04. The van der Waals surface area contributed by atoms with Gasteiger partial charge in [0.2, 0.25) is 0 Å². The van der Waals surface area contributed by atoms with Crippen molar-refractivity contribution >= 4 is 41.2 Å². The molecule has 2 aromatic carbocycles. The molecule has 0 bridgehead atoms. The molecule has 1 aliphatic rings. The molecule has 2 nitrogen and oxygen atoms in total. The Morgan fingerprint density at radius 3 is 2.07 bits per heavy atom. The summed E-state index contributed by atoms with van der Waals surface area (Å²) < 4.78 is 5.89. The number of ether oxygens (including phenoxy) is 1. The van der Waals surface area contributed by atoms with Crippen molar-refractivity contribution in [1.82, 2.24) is 5.09 Å². The Kier molecular flexibility index (Phi) is 6.00. The zero-order valence-corrected chi connectivity index (χ0v) is 20.4. The van der Waals surface area contributed by atoms with Gasteiger partial charge in [-0.1, -0.05) is 75.7 Å². The van der Waals surface area contributed by atoms with Crippen molar-refractivity contribution in [2.45, 2.75) is 57.9 Å². The van der Waals surface area contributed by atoms with E-state index in [1.807, 2.05) is 30.3 Å². The van der Waals surface area contributed by atoms with Crippen LogP contribution in [-0.2, 0) is 11.8 Å². The molecule has 28 heavy (non-hydrogen) atoms. The van der Waals surface area contributed by atoms with Crippen LogP contribution in [0.15, 0.2) is 42.5 Å². The van der Waals surface area contributed by atoms with Crippen molar-refractivity contribution in [3.8, 4) is 11.5 Å². The van der Waals surface area contributed by atoms with Gasteiger partial charge in [0.05, 0.1) is 0 Å². The monoisotopic (exact) mass is 455 g/mol. The Balaban J connectivity index is 1.79. The van der Waals surface area contributed by atoms with E-state index in [4.69, 9.17) is 39.7 Å². The maximum absolute atomic E-state index is 6.61. The molecule has 3 rings (SSSR count). The summed E-state index contributed by atoms with van der Waals surface area (Å²) in [7, 11) is 0. The number of halogens is 2. The quantitative estimate of drug-likeness (QED) is 0.460. The van der Waals surface area contributed by atoms with Crippen molar-refractivity contribution in [1.29, 1.82) is 0 Å². The van der Waals surface area contributed by atoms with E-state index < -0.39 is 6.19 Å². The maximum Gasteiger partial charge on any atom is 0.128 e. The highest BCUT2D eigenvalue weighted by Gasteiger charge is 2.64. The predicted molar refractivity (Wildman–Crippen MR) is 126 cm³/mol. The van der Waals surface area contributed by atoms with E-state index in [0.717, 1.165) is 11.3 Å². The zero-order chi connectivity index (χ0) is 20.9. The van der Waals surface area contributed by atoms with Crippen LogP contribution in [0.3, 0.4) is 0 Å². The van der Waals surface area contributed by atoms with Crippen LogP contribution in [0.1, 0.15) is 53.1 Å². The Labute approximate surface area is 184 Å². The highest BCUT2D eigenvalue weighted by atomic mass is 35.5. The second-order valence-electron chi connectivity index (χ2n) is 8.73. The van der Waals surface area contributed by atoms with Crippen molar-refractivity contribution in [3.63, 3.8) is 0 Å². The minimum Gasteiger partial charge on any atom is -0.457 e. The molecule has 0 radical (unpaired) electrons. The zero-order valence-electron chi connectivity index (χ0n) is 17.2. The third kappa shape index (κ3) is 3.55. The molecule has 0 aliphatic carbocycles. The molecular weight excluding hydrogens is 428 g/mol. The molecule has 0 aromatic heterocycles. The lowest BCUT2D eigenvalue weighted by Crippen LogP contribution is -2.61. The first-order valence-corrected chi connectivity index (χ1v) is 13.1. The summed E-state index contributed by atoms with van der Waals surface area (Å²) >= 11 is 18.8. The van der Waals surface area contributed by atoms with Gasteiger partial charge in [0, 0.05) is 32.6 Å². The molecule has 6 heteroatoms. The predicted octanol–water partition coefficient (Wildman–Crippen LogP) is 8.04. The fraction of sp³-hybridized carbons (Fsp3) is 0.455. The molecule has 1 aliphatic heterocycles. The summed E-state index contributed by atoms with van der Waals surface area (Å²) in [6.45, 7) is 13.7. The van der Waals surface area contributed by atoms with Gasteiger partial charge in [0.15, 0.2) is 0 Å². The first-order valence-electron chi connectivity index (χ1n) is 9.51. The SMILES string of the molecule is CC(NP1(=S)C(C)(C)C(C)C1(C)C)c1ccc(Oc2ccc(Cl)cc2)cc1Cl. The molecule has 152 valence electrons. The fourth-order valence-electron chi connectivity index (χ4n) is 4.32. The number of hydrogen-bond acceptors (Lipinski definition) is 2. The smallest absolute Gasteiger partial charge is 0.128 e. The Hall–Kier alpha value is -0.570. The molecule has 1 fully saturated rings. The van der Waals surface area contributed by atoms with Crippen LogP contribution in [0.4, 0.5) is 0 Å². The minimum absolute atomic E-state index is 0.0777. The summed E-state index contributed by atoms with van der Waals surface area (Å²) in [5, 5.41) is 5.44. The van der Waals surface area contributed by atoms with E-state index in [-0.39, 0.29) is 16.4 Å². The standard InChI is InChI=1S/C22H28Cl2NOPS/c1-14(25-27(28)21(3,4)15(2)22(27,5)6)19-12-11-18(13-20(19)24)26-17-9-7-16(23)8-10-17/h7-15H,1-6H3,(H,25,28). The van der Waals surface area contributed by atoms with Crippen LogP contribution in [-0.4, -0.2) is 10.3 Å². The van der Waals surface area contributed by atoms with Gasteiger partial charge in [-0.2, -0.15) is 0 Å². The van der Waals surface area contributed by atoms with E-state index in [0.29, 0.717) is 21.7 Å². The maximum atomic E-state index is 6.61. The summed E-state index contributed by atoms with van der Waals surface area (Å²) in [6, 6.07) is 13.2. The lowest BCUT2D eigenvalue weighted by Gasteiger charge is -2.66. The average Bonchev–Trinajstić information content (AvgIpc) is 2.62. The molecule has 1 N–H and O–H groups in total.